The number of para-hydroxylation sites is 1. The molecule has 3 aromatic carbocycles. The number of hydroxylamine groups is 1. The highest BCUT2D eigenvalue weighted by molar-refractivity contribution is 7.99. The van der Waals surface area contributed by atoms with E-state index in [4.69, 9.17) is 16.4 Å². The van der Waals surface area contributed by atoms with Gasteiger partial charge in [0.25, 0.3) is 5.91 Å². The van der Waals surface area contributed by atoms with Crippen LogP contribution in [0.5, 0.6) is 0 Å². The average Bonchev–Trinajstić information content (AvgIpc) is 3.23. The standard InChI is InChI=1S/C23H19ClN4O2S/c24-19-13-11-18(12-14-19)22-25-26-23(28(22)20-9-5-2-6-10-20)31-16-21(29)27-30-15-17-7-3-1-4-8-17/h1-14H,15-16H2,(H,27,29). The molecular formula is C23H19ClN4O2S. The number of nitrogens with zero attached hydrogens (tertiary/aromatic N) is 3. The lowest BCUT2D eigenvalue weighted by Crippen LogP contribution is -2.25. The third kappa shape index (κ3) is 5.52. The van der Waals surface area contributed by atoms with Gasteiger partial charge in [0, 0.05) is 16.3 Å². The summed E-state index contributed by atoms with van der Waals surface area (Å²) >= 11 is 7.31. The second-order valence-electron chi connectivity index (χ2n) is 6.57. The number of carbonyl (C=O) groups excluding carboxylic acids is 1. The van der Waals surface area contributed by atoms with Crippen LogP contribution < -0.4 is 5.48 Å². The van der Waals surface area contributed by atoms with Gasteiger partial charge in [0.05, 0.1) is 12.4 Å². The molecule has 0 aliphatic carbocycles. The van der Waals surface area contributed by atoms with Gasteiger partial charge in [-0.3, -0.25) is 14.2 Å². The van der Waals surface area contributed by atoms with Gasteiger partial charge >= 0.3 is 0 Å². The molecule has 1 amide bonds. The van der Waals surface area contributed by atoms with E-state index in [1.807, 2.05) is 89.5 Å². The lowest BCUT2D eigenvalue weighted by molar-refractivity contribution is -0.131. The van der Waals surface area contributed by atoms with Gasteiger partial charge in [-0.25, -0.2) is 5.48 Å². The van der Waals surface area contributed by atoms with Crippen molar-refractivity contribution in [2.45, 2.75) is 11.8 Å². The molecule has 4 rings (SSSR count). The zero-order valence-electron chi connectivity index (χ0n) is 16.4. The van der Waals surface area contributed by atoms with Crippen LogP contribution in [0.1, 0.15) is 5.56 Å². The molecule has 0 spiro atoms. The Hall–Kier alpha value is -3.13. The normalized spacial score (nSPS) is 10.7. The third-order valence-corrected chi connectivity index (χ3v) is 5.53. The topological polar surface area (TPSA) is 69.0 Å². The fraction of sp³-hybridized carbons (Fsp3) is 0.0870. The molecular weight excluding hydrogens is 432 g/mol. The number of amides is 1. The fourth-order valence-corrected chi connectivity index (χ4v) is 3.76. The molecule has 0 saturated heterocycles. The van der Waals surface area contributed by atoms with Crippen molar-refractivity contribution in [3.63, 3.8) is 0 Å². The number of thioether (sulfide) groups is 1. The van der Waals surface area contributed by atoms with Crippen LogP contribution >= 0.6 is 23.4 Å². The summed E-state index contributed by atoms with van der Waals surface area (Å²) in [6.07, 6.45) is 0. The Morgan fingerprint density at radius 1 is 0.935 bits per heavy atom. The summed E-state index contributed by atoms with van der Waals surface area (Å²) in [5.41, 5.74) is 5.23. The SMILES string of the molecule is O=C(CSc1nnc(-c2ccc(Cl)cc2)n1-c1ccccc1)NOCc1ccccc1. The molecule has 1 N–H and O–H groups in total. The second-order valence-corrected chi connectivity index (χ2v) is 7.95. The van der Waals surface area contributed by atoms with Gasteiger partial charge in [-0.15, -0.1) is 10.2 Å². The van der Waals surface area contributed by atoms with Gasteiger partial charge in [0.1, 0.15) is 0 Å². The zero-order valence-corrected chi connectivity index (χ0v) is 18.0. The molecule has 0 unspecified atom stereocenters. The number of rotatable bonds is 8. The zero-order chi connectivity index (χ0) is 21.5. The van der Waals surface area contributed by atoms with E-state index >= 15 is 0 Å². The first-order valence-corrected chi connectivity index (χ1v) is 10.9. The van der Waals surface area contributed by atoms with Gasteiger partial charge in [0.2, 0.25) is 0 Å². The van der Waals surface area contributed by atoms with Crippen LogP contribution in [0.25, 0.3) is 17.1 Å². The van der Waals surface area contributed by atoms with Crippen molar-refractivity contribution in [3.8, 4) is 17.1 Å². The van der Waals surface area contributed by atoms with Crippen LogP contribution in [0.4, 0.5) is 0 Å². The lowest BCUT2D eigenvalue weighted by Gasteiger charge is -2.10. The first-order valence-electron chi connectivity index (χ1n) is 9.55. The molecule has 0 aliphatic heterocycles. The molecule has 0 bridgehead atoms. The van der Waals surface area contributed by atoms with Crippen LogP contribution in [0.15, 0.2) is 90.1 Å². The Morgan fingerprint density at radius 3 is 2.32 bits per heavy atom. The van der Waals surface area contributed by atoms with Gasteiger partial charge < -0.3 is 0 Å². The van der Waals surface area contributed by atoms with Gasteiger partial charge in [-0.2, -0.15) is 0 Å². The maximum atomic E-state index is 12.2. The first-order chi connectivity index (χ1) is 15.2. The van der Waals surface area contributed by atoms with Crippen molar-refractivity contribution in [3.05, 3.63) is 95.5 Å². The molecule has 4 aromatic rings. The minimum atomic E-state index is -0.253. The summed E-state index contributed by atoms with van der Waals surface area (Å²) < 4.78 is 1.92. The summed E-state index contributed by atoms with van der Waals surface area (Å²) in [6, 6.07) is 26.8. The molecule has 8 heteroatoms. The summed E-state index contributed by atoms with van der Waals surface area (Å²) in [6.45, 7) is 0.304. The molecule has 1 aromatic heterocycles. The fourth-order valence-electron chi connectivity index (χ4n) is 2.89. The Kier molecular flexibility index (Phi) is 6.99. The molecule has 0 atom stereocenters. The first kappa shape index (κ1) is 21.1. The lowest BCUT2D eigenvalue weighted by atomic mass is 10.2. The van der Waals surface area contributed by atoms with E-state index in [0.29, 0.717) is 22.6 Å². The van der Waals surface area contributed by atoms with Gasteiger partial charge in [0.15, 0.2) is 11.0 Å². The van der Waals surface area contributed by atoms with Crippen LogP contribution in [0.3, 0.4) is 0 Å². The monoisotopic (exact) mass is 450 g/mol. The van der Waals surface area contributed by atoms with Crippen LogP contribution in [0.2, 0.25) is 5.02 Å². The molecule has 0 radical (unpaired) electrons. The minimum Gasteiger partial charge on any atom is -0.272 e. The van der Waals surface area contributed by atoms with Crippen molar-refractivity contribution < 1.29 is 9.63 Å². The Labute approximate surface area is 189 Å². The second kappa shape index (κ2) is 10.3. The van der Waals surface area contributed by atoms with E-state index in [-0.39, 0.29) is 11.7 Å². The van der Waals surface area contributed by atoms with Crippen LogP contribution in [-0.4, -0.2) is 26.4 Å². The van der Waals surface area contributed by atoms with E-state index in [0.717, 1.165) is 16.8 Å². The molecule has 0 fully saturated rings. The van der Waals surface area contributed by atoms with Crippen molar-refractivity contribution in [2.75, 3.05) is 5.75 Å². The van der Waals surface area contributed by atoms with E-state index in [1.54, 1.807) is 0 Å². The summed E-state index contributed by atoms with van der Waals surface area (Å²) in [7, 11) is 0. The number of halogens is 1. The quantitative estimate of drug-likeness (QED) is 0.304. The molecule has 31 heavy (non-hydrogen) atoms. The third-order valence-electron chi connectivity index (χ3n) is 4.35. The molecule has 1 heterocycles. The van der Waals surface area contributed by atoms with Crippen molar-refractivity contribution in [1.82, 2.24) is 20.2 Å². The number of aromatic nitrogens is 3. The van der Waals surface area contributed by atoms with Gasteiger partial charge in [-0.1, -0.05) is 71.9 Å². The van der Waals surface area contributed by atoms with Gasteiger partial charge in [-0.05, 0) is 42.0 Å². The summed E-state index contributed by atoms with van der Waals surface area (Å²) in [5.74, 6) is 0.558. The predicted molar refractivity (Wildman–Crippen MR) is 122 cm³/mol. The minimum absolute atomic E-state index is 0.139. The Morgan fingerprint density at radius 2 is 1.61 bits per heavy atom. The largest absolute Gasteiger partial charge is 0.272 e. The Bertz CT molecular complexity index is 1140. The molecule has 0 aliphatic rings. The molecule has 6 nitrogen and oxygen atoms in total. The predicted octanol–water partition coefficient (Wildman–Crippen LogP) is 4.93. The molecule has 156 valence electrons. The van der Waals surface area contributed by atoms with E-state index in [1.165, 1.54) is 11.8 Å². The maximum Gasteiger partial charge on any atom is 0.254 e. The maximum absolute atomic E-state index is 12.2. The number of hydrogen-bond acceptors (Lipinski definition) is 5. The highest BCUT2D eigenvalue weighted by Gasteiger charge is 2.17. The summed E-state index contributed by atoms with van der Waals surface area (Å²) in [5, 5.41) is 9.93. The number of carbonyl (C=O) groups is 1. The van der Waals surface area contributed by atoms with Crippen molar-refractivity contribution in [2.24, 2.45) is 0 Å². The van der Waals surface area contributed by atoms with Crippen molar-refractivity contribution in [1.29, 1.82) is 0 Å². The average molecular weight is 451 g/mol. The Balaban J connectivity index is 1.46. The molecule has 0 saturated carbocycles. The van der Waals surface area contributed by atoms with Crippen LogP contribution in [0, 0.1) is 0 Å². The highest BCUT2D eigenvalue weighted by atomic mass is 35.5. The van der Waals surface area contributed by atoms with Crippen LogP contribution in [-0.2, 0) is 16.2 Å². The number of hydrogen-bond donors (Lipinski definition) is 1. The smallest absolute Gasteiger partial charge is 0.254 e. The summed E-state index contributed by atoms with van der Waals surface area (Å²) in [4.78, 5) is 17.5. The van der Waals surface area contributed by atoms with E-state index in [2.05, 4.69) is 15.7 Å². The number of benzene rings is 3. The number of nitrogens with one attached hydrogen (secondary N) is 1. The van der Waals surface area contributed by atoms with Crippen molar-refractivity contribution >= 4 is 29.3 Å². The van der Waals surface area contributed by atoms with E-state index < -0.39 is 0 Å². The highest BCUT2D eigenvalue weighted by Crippen LogP contribution is 2.28. The van der Waals surface area contributed by atoms with E-state index in [9.17, 15) is 4.79 Å².